The molecule has 1 saturated heterocycles. The second-order valence-corrected chi connectivity index (χ2v) is 9.88. The molecule has 1 aromatic rings. The monoisotopic (exact) mass is 555 g/mol. The summed E-state index contributed by atoms with van der Waals surface area (Å²) in [5.41, 5.74) is 1.11. The number of aliphatic imine (C=N–C) groups is 1. The smallest absolute Gasteiger partial charge is 0.213 e. The van der Waals surface area contributed by atoms with E-state index >= 15 is 0 Å². The molecule has 0 amide bonds. The minimum atomic E-state index is -3.25. The molecule has 164 valence electrons. The summed E-state index contributed by atoms with van der Waals surface area (Å²) in [5, 5.41) is 7.23. The molecule has 10 heteroatoms. The van der Waals surface area contributed by atoms with Crippen LogP contribution in [0.1, 0.15) is 25.7 Å². The minimum Gasteiger partial charge on any atom is -0.369 e. The third-order valence-corrected chi connectivity index (χ3v) is 6.99. The first-order valence-electron chi connectivity index (χ1n) is 9.90. The Morgan fingerprint density at radius 1 is 1.31 bits per heavy atom. The van der Waals surface area contributed by atoms with E-state index in [0.717, 1.165) is 43.1 Å². The molecule has 2 aliphatic rings. The Labute approximate surface area is 196 Å². The average molecular weight is 556 g/mol. The zero-order valence-electron chi connectivity index (χ0n) is 16.7. The summed E-state index contributed by atoms with van der Waals surface area (Å²) < 4.78 is 26.9. The van der Waals surface area contributed by atoms with Crippen molar-refractivity contribution in [1.82, 2.24) is 15.4 Å². The maximum Gasteiger partial charge on any atom is 0.213 e. The highest BCUT2D eigenvalue weighted by atomic mass is 127. The van der Waals surface area contributed by atoms with Crippen LogP contribution in [0, 0.1) is 5.92 Å². The molecule has 1 saturated carbocycles. The summed E-state index contributed by atoms with van der Waals surface area (Å²) in [6.07, 6.45) is 4.45. The first-order chi connectivity index (χ1) is 13.4. The Kier molecular flexibility index (Phi) is 9.77. The topological polar surface area (TPSA) is 85.8 Å². The number of benzene rings is 1. The first-order valence-corrected chi connectivity index (χ1v) is 11.9. The Bertz CT molecular complexity index is 789. The molecule has 7 nitrogen and oxygen atoms in total. The van der Waals surface area contributed by atoms with Gasteiger partial charge in [-0.25, -0.2) is 13.1 Å². The van der Waals surface area contributed by atoms with Gasteiger partial charge in [0.25, 0.3) is 0 Å². The number of hydrogen-bond acceptors (Lipinski definition) is 4. The third-order valence-electron chi connectivity index (χ3n) is 5.41. The molecular weight excluding hydrogens is 525 g/mol. The minimum absolute atomic E-state index is 0. The Balaban J connectivity index is 0.00000300. The maximum atomic E-state index is 12.1. The van der Waals surface area contributed by atoms with Crippen LogP contribution in [-0.2, 0) is 10.0 Å². The fraction of sp³-hybridized carbons (Fsp3) is 0.632. The van der Waals surface area contributed by atoms with Crippen molar-refractivity contribution in [3.05, 3.63) is 29.3 Å². The SMILES string of the molecule is CN=C(NCCS(=O)(=O)NCC1CCC1)NC1CCN(c2cccc(Cl)c2)C1.I. The van der Waals surface area contributed by atoms with Gasteiger partial charge in [0.05, 0.1) is 5.75 Å². The molecule has 3 rings (SSSR count). The highest BCUT2D eigenvalue weighted by Crippen LogP contribution is 2.25. The van der Waals surface area contributed by atoms with Crippen LogP contribution in [0.25, 0.3) is 0 Å². The number of hydrogen-bond donors (Lipinski definition) is 3. The van der Waals surface area contributed by atoms with Gasteiger partial charge in [-0.1, -0.05) is 24.1 Å². The van der Waals surface area contributed by atoms with Crippen molar-refractivity contribution in [3.8, 4) is 0 Å². The first kappa shape index (κ1) is 24.5. The van der Waals surface area contributed by atoms with E-state index in [1.54, 1.807) is 7.05 Å². The molecule has 1 aliphatic carbocycles. The van der Waals surface area contributed by atoms with E-state index in [0.29, 0.717) is 25.0 Å². The van der Waals surface area contributed by atoms with Gasteiger partial charge in [0, 0.05) is 50.0 Å². The number of anilines is 1. The number of sulfonamides is 1. The fourth-order valence-electron chi connectivity index (χ4n) is 3.49. The van der Waals surface area contributed by atoms with Crippen molar-refractivity contribution in [2.24, 2.45) is 10.9 Å². The molecule has 0 aromatic heterocycles. The quantitative estimate of drug-likeness (QED) is 0.261. The average Bonchev–Trinajstić information content (AvgIpc) is 3.08. The standard InChI is InChI=1S/C19H30ClN5O2S.HI/c1-21-19(22-9-11-28(26,27)23-13-15-4-2-5-15)24-17-8-10-25(14-17)18-7-3-6-16(20)12-18;/h3,6-7,12,15,17,23H,2,4-5,8-11,13-14H2,1H3,(H2,21,22,24);1H. The third kappa shape index (κ3) is 7.76. The highest BCUT2D eigenvalue weighted by molar-refractivity contribution is 14.0. The molecule has 0 bridgehead atoms. The summed E-state index contributed by atoms with van der Waals surface area (Å²) in [6.45, 7) is 2.68. The fourth-order valence-corrected chi connectivity index (χ4v) is 4.68. The number of rotatable bonds is 8. The van der Waals surface area contributed by atoms with Gasteiger partial charge in [0.2, 0.25) is 10.0 Å². The Morgan fingerprint density at radius 3 is 2.76 bits per heavy atom. The molecule has 1 heterocycles. The van der Waals surface area contributed by atoms with Crippen LogP contribution in [0.4, 0.5) is 5.69 Å². The van der Waals surface area contributed by atoms with Crippen molar-refractivity contribution in [2.75, 3.05) is 43.9 Å². The summed E-state index contributed by atoms with van der Waals surface area (Å²) in [6, 6.07) is 8.11. The molecular formula is C19H31ClIN5O2S. The maximum absolute atomic E-state index is 12.1. The van der Waals surface area contributed by atoms with Crippen LogP contribution >= 0.6 is 35.6 Å². The zero-order valence-corrected chi connectivity index (χ0v) is 20.6. The van der Waals surface area contributed by atoms with Gasteiger partial charge in [-0.3, -0.25) is 4.99 Å². The van der Waals surface area contributed by atoms with E-state index in [1.165, 1.54) is 6.42 Å². The molecule has 2 fully saturated rings. The summed E-state index contributed by atoms with van der Waals surface area (Å²) in [5.74, 6) is 1.19. The zero-order chi connectivity index (χ0) is 20.0. The molecule has 0 spiro atoms. The molecule has 1 aromatic carbocycles. The molecule has 1 aliphatic heterocycles. The van der Waals surface area contributed by atoms with E-state index < -0.39 is 10.0 Å². The van der Waals surface area contributed by atoms with E-state index in [4.69, 9.17) is 11.6 Å². The van der Waals surface area contributed by atoms with Crippen molar-refractivity contribution < 1.29 is 8.42 Å². The summed E-state index contributed by atoms with van der Waals surface area (Å²) in [7, 11) is -1.55. The van der Waals surface area contributed by atoms with Gasteiger partial charge < -0.3 is 15.5 Å². The Morgan fingerprint density at radius 2 is 2.10 bits per heavy atom. The van der Waals surface area contributed by atoms with Gasteiger partial charge in [-0.15, -0.1) is 24.0 Å². The van der Waals surface area contributed by atoms with Crippen LogP contribution < -0.4 is 20.3 Å². The van der Waals surface area contributed by atoms with E-state index in [1.807, 2.05) is 18.2 Å². The Hall–Kier alpha value is -0.780. The van der Waals surface area contributed by atoms with Gasteiger partial charge >= 0.3 is 0 Å². The number of guanidine groups is 1. The van der Waals surface area contributed by atoms with Crippen LogP contribution in [0.5, 0.6) is 0 Å². The number of halogens is 2. The normalized spacial score (nSPS) is 20.1. The van der Waals surface area contributed by atoms with E-state index in [2.05, 4.69) is 31.3 Å². The van der Waals surface area contributed by atoms with Crippen LogP contribution in [0.15, 0.2) is 29.3 Å². The van der Waals surface area contributed by atoms with E-state index in [-0.39, 0.29) is 35.8 Å². The molecule has 1 atom stereocenters. The number of nitrogens with zero attached hydrogens (tertiary/aromatic N) is 2. The molecule has 0 radical (unpaired) electrons. The summed E-state index contributed by atoms with van der Waals surface area (Å²) in [4.78, 5) is 6.50. The van der Waals surface area contributed by atoms with Crippen LogP contribution in [0.3, 0.4) is 0 Å². The number of nitrogens with one attached hydrogen (secondary N) is 3. The molecule has 29 heavy (non-hydrogen) atoms. The lowest BCUT2D eigenvalue weighted by molar-refractivity contribution is 0.316. The lowest BCUT2D eigenvalue weighted by Crippen LogP contribution is -2.46. The predicted octanol–water partition coefficient (Wildman–Crippen LogP) is 2.42. The van der Waals surface area contributed by atoms with Crippen molar-refractivity contribution in [2.45, 2.75) is 31.7 Å². The van der Waals surface area contributed by atoms with Crippen molar-refractivity contribution in [1.29, 1.82) is 0 Å². The van der Waals surface area contributed by atoms with Gasteiger partial charge in [0.1, 0.15) is 0 Å². The second-order valence-electron chi connectivity index (χ2n) is 7.52. The second kappa shape index (κ2) is 11.6. The van der Waals surface area contributed by atoms with Crippen molar-refractivity contribution >= 4 is 57.2 Å². The predicted molar refractivity (Wildman–Crippen MR) is 131 cm³/mol. The summed E-state index contributed by atoms with van der Waals surface area (Å²) >= 11 is 6.09. The molecule has 1 unspecified atom stereocenters. The highest BCUT2D eigenvalue weighted by Gasteiger charge is 2.24. The largest absolute Gasteiger partial charge is 0.369 e. The van der Waals surface area contributed by atoms with Crippen LogP contribution in [-0.4, -0.2) is 59.4 Å². The van der Waals surface area contributed by atoms with Gasteiger partial charge in [-0.05, 0) is 43.4 Å². The lowest BCUT2D eigenvalue weighted by Gasteiger charge is -2.25. The molecule has 3 N–H and O–H groups in total. The van der Waals surface area contributed by atoms with Gasteiger partial charge in [0.15, 0.2) is 5.96 Å². The van der Waals surface area contributed by atoms with E-state index in [9.17, 15) is 8.42 Å². The van der Waals surface area contributed by atoms with Crippen LogP contribution in [0.2, 0.25) is 5.02 Å². The van der Waals surface area contributed by atoms with Crippen molar-refractivity contribution in [3.63, 3.8) is 0 Å². The van der Waals surface area contributed by atoms with Gasteiger partial charge in [-0.2, -0.15) is 0 Å². The lowest BCUT2D eigenvalue weighted by atomic mass is 9.86.